The molecule has 0 saturated carbocycles. The number of carbonyl (C=O) groups is 2. The number of nitrogens with zero attached hydrogens (tertiary/aromatic N) is 1. The SMILES string of the molecule is O=C(O)C(=O)c1ccc([N+](=O)[O-])o1. The second-order valence-corrected chi connectivity index (χ2v) is 2.03. The molecule has 0 aliphatic heterocycles. The van der Waals surface area contributed by atoms with Crippen molar-refractivity contribution in [3.63, 3.8) is 0 Å². The fourth-order valence-corrected chi connectivity index (χ4v) is 0.653. The maximum absolute atomic E-state index is 10.7. The van der Waals surface area contributed by atoms with Crippen molar-refractivity contribution < 1.29 is 24.0 Å². The molecule has 7 heteroatoms. The summed E-state index contributed by atoms with van der Waals surface area (Å²) >= 11 is 0. The lowest BCUT2D eigenvalue weighted by Gasteiger charge is -1.86. The van der Waals surface area contributed by atoms with Gasteiger partial charge in [-0.3, -0.25) is 14.9 Å². The number of aliphatic carboxylic acids is 1. The molecular formula is C6H3NO6. The lowest BCUT2D eigenvalue weighted by molar-refractivity contribution is -0.402. The van der Waals surface area contributed by atoms with Crippen molar-refractivity contribution in [2.45, 2.75) is 0 Å². The second-order valence-electron chi connectivity index (χ2n) is 2.03. The molecule has 1 aromatic rings. The quantitative estimate of drug-likeness (QED) is 0.317. The Bertz CT molecular complexity index is 378. The lowest BCUT2D eigenvalue weighted by atomic mass is 10.3. The number of carboxylic acid groups (broad SMARTS) is 1. The molecule has 0 aliphatic rings. The van der Waals surface area contributed by atoms with Crippen LogP contribution in [0.3, 0.4) is 0 Å². The standard InChI is InChI=1S/C6H3NO6/c8-5(6(9)10)3-1-2-4(13-3)7(11)12/h1-2H,(H,9,10). The number of rotatable bonds is 3. The molecule has 13 heavy (non-hydrogen) atoms. The van der Waals surface area contributed by atoms with Gasteiger partial charge in [0.05, 0.1) is 6.07 Å². The minimum Gasteiger partial charge on any atom is -0.475 e. The zero-order valence-corrected chi connectivity index (χ0v) is 6.09. The van der Waals surface area contributed by atoms with Crippen LogP contribution in [0, 0.1) is 10.1 Å². The monoisotopic (exact) mass is 185 g/mol. The van der Waals surface area contributed by atoms with Crippen molar-refractivity contribution in [1.29, 1.82) is 0 Å². The Kier molecular flexibility index (Phi) is 2.09. The van der Waals surface area contributed by atoms with E-state index in [2.05, 4.69) is 4.42 Å². The van der Waals surface area contributed by atoms with E-state index in [-0.39, 0.29) is 0 Å². The molecular weight excluding hydrogens is 182 g/mol. The number of Topliss-reactive ketones (excluding diaryl/α,β-unsaturated/α-hetero) is 1. The fraction of sp³-hybridized carbons (Fsp3) is 0. The van der Waals surface area contributed by atoms with E-state index >= 15 is 0 Å². The van der Waals surface area contributed by atoms with Gasteiger partial charge in [0.25, 0.3) is 0 Å². The first-order valence-electron chi connectivity index (χ1n) is 3.04. The first-order chi connectivity index (χ1) is 6.02. The number of nitro groups is 1. The highest BCUT2D eigenvalue weighted by atomic mass is 16.6. The normalized spacial score (nSPS) is 9.54. The van der Waals surface area contributed by atoms with Gasteiger partial charge in [-0.05, 0) is 6.07 Å². The van der Waals surface area contributed by atoms with E-state index in [0.29, 0.717) is 0 Å². The van der Waals surface area contributed by atoms with Gasteiger partial charge in [-0.15, -0.1) is 0 Å². The molecule has 1 rings (SSSR count). The summed E-state index contributed by atoms with van der Waals surface area (Å²) in [7, 11) is 0. The third-order valence-corrected chi connectivity index (χ3v) is 1.19. The molecule has 7 nitrogen and oxygen atoms in total. The van der Waals surface area contributed by atoms with Crippen molar-refractivity contribution in [2.75, 3.05) is 0 Å². The Hall–Kier alpha value is -2.18. The molecule has 0 aliphatic carbocycles. The first kappa shape index (κ1) is 8.91. The number of carbonyl (C=O) groups excluding carboxylic acids is 1. The van der Waals surface area contributed by atoms with E-state index in [1.807, 2.05) is 0 Å². The molecule has 0 saturated heterocycles. The van der Waals surface area contributed by atoms with E-state index in [1.54, 1.807) is 0 Å². The predicted molar refractivity (Wildman–Crippen MR) is 37.3 cm³/mol. The largest absolute Gasteiger partial charge is 0.475 e. The smallest absolute Gasteiger partial charge is 0.433 e. The van der Waals surface area contributed by atoms with Crippen LogP contribution in [0.4, 0.5) is 5.88 Å². The van der Waals surface area contributed by atoms with E-state index in [4.69, 9.17) is 5.11 Å². The van der Waals surface area contributed by atoms with Crippen molar-refractivity contribution in [3.8, 4) is 0 Å². The van der Waals surface area contributed by atoms with Gasteiger partial charge >= 0.3 is 17.6 Å². The van der Waals surface area contributed by atoms with Gasteiger partial charge in [-0.2, -0.15) is 0 Å². The molecule has 68 valence electrons. The molecule has 0 spiro atoms. The summed E-state index contributed by atoms with van der Waals surface area (Å²) in [5.74, 6) is -4.25. The van der Waals surface area contributed by atoms with Gasteiger partial charge in [0.1, 0.15) is 4.92 Å². The molecule has 1 aromatic heterocycles. The van der Waals surface area contributed by atoms with Crippen molar-refractivity contribution in [1.82, 2.24) is 0 Å². The molecule has 1 N–H and O–H groups in total. The highest BCUT2D eigenvalue weighted by Gasteiger charge is 2.22. The van der Waals surface area contributed by atoms with Crippen LogP contribution in [0.25, 0.3) is 0 Å². The van der Waals surface area contributed by atoms with Crippen LogP contribution in [-0.2, 0) is 4.79 Å². The summed E-state index contributed by atoms with van der Waals surface area (Å²) in [5.41, 5.74) is 0. The first-order valence-corrected chi connectivity index (χ1v) is 3.04. The van der Waals surface area contributed by atoms with Crippen LogP contribution in [0.5, 0.6) is 0 Å². The Morgan fingerprint density at radius 3 is 2.46 bits per heavy atom. The summed E-state index contributed by atoms with van der Waals surface area (Å²) in [6, 6.07) is 1.85. The van der Waals surface area contributed by atoms with Gasteiger partial charge in [0, 0.05) is 0 Å². The van der Waals surface area contributed by atoms with E-state index in [1.165, 1.54) is 0 Å². The van der Waals surface area contributed by atoms with Gasteiger partial charge in [0.15, 0.2) is 5.76 Å². The number of ketones is 1. The van der Waals surface area contributed by atoms with Crippen LogP contribution in [0.15, 0.2) is 16.5 Å². The summed E-state index contributed by atoms with van der Waals surface area (Å²) in [4.78, 5) is 30.0. The van der Waals surface area contributed by atoms with Crippen LogP contribution < -0.4 is 0 Å². The topological polar surface area (TPSA) is 111 Å². The molecule has 0 unspecified atom stereocenters. The number of carboxylic acids is 1. The zero-order chi connectivity index (χ0) is 10.0. The highest BCUT2D eigenvalue weighted by Crippen LogP contribution is 2.15. The molecule has 0 fully saturated rings. The third-order valence-electron chi connectivity index (χ3n) is 1.19. The van der Waals surface area contributed by atoms with Crippen LogP contribution in [-0.4, -0.2) is 21.8 Å². The van der Waals surface area contributed by atoms with E-state index in [9.17, 15) is 19.7 Å². The van der Waals surface area contributed by atoms with Gasteiger partial charge < -0.3 is 9.52 Å². The van der Waals surface area contributed by atoms with Gasteiger partial charge in [-0.25, -0.2) is 4.79 Å². The minimum absolute atomic E-state index is 0.556. The summed E-state index contributed by atoms with van der Waals surface area (Å²) in [6.07, 6.45) is 0. The maximum Gasteiger partial charge on any atom is 0.433 e. The maximum atomic E-state index is 10.7. The van der Waals surface area contributed by atoms with Crippen molar-refractivity contribution in [3.05, 3.63) is 28.0 Å². The molecule has 0 amide bonds. The number of hydrogen-bond donors (Lipinski definition) is 1. The van der Waals surface area contributed by atoms with Gasteiger partial charge in [0.2, 0.25) is 0 Å². The zero-order valence-electron chi connectivity index (χ0n) is 6.09. The molecule has 1 heterocycles. The Morgan fingerprint density at radius 1 is 1.46 bits per heavy atom. The predicted octanol–water partition coefficient (Wildman–Crippen LogP) is 0.455. The average Bonchev–Trinajstić information content (AvgIpc) is 2.50. The van der Waals surface area contributed by atoms with E-state index in [0.717, 1.165) is 12.1 Å². The number of furan rings is 1. The lowest BCUT2D eigenvalue weighted by Crippen LogP contribution is -2.11. The average molecular weight is 185 g/mol. The van der Waals surface area contributed by atoms with E-state index < -0.39 is 28.3 Å². The molecule has 0 bridgehead atoms. The third kappa shape index (κ3) is 1.70. The Balaban J connectivity index is 2.99. The Morgan fingerprint density at radius 2 is 2.08 bits per heavy atom. The van der Waals surface area contributed by atoms with Crippen LogP contribution >= 0.6 is 0 Å². The second kappa shape index (κ2) is 3.05. The molecule has 0 atom stereocenters. The Labute approximate surface area is 70.7 Å². The highest BCUT2D eigenvalue weighted by molar-refractivity contribution is 6.39. The minimum atomic E-state index is -1.72. The summed E-state index contributed by atoms with van der Waals surface area (Å²) in [5, 5.41) is 18.3. The summed E-state index contributed by atoms with van der Waals surface area (Å²) in [6.45, 7) is 0. The number of hydrogen-bond acceptors (Lipinski definition) is 5. The van der Waals surface area contributed by atoms with Crippen molar-refractivity contribution in [2.24, 2.45) is 0 Å². The molecule has 0 aromatic carbocycles. The van der Waals surface area contributed by atoms with Crippen molar-refractivity contribution >= 4 is 17.6 Å². The van der Waals surface area contributed by atoms with Crippen LogP contribution in [0.2, 0.25) is 0 Å². The van der Waals surface area contributed by atoms with Crippen LogP contribution in [0.1, 0.15) is 10.6 Å². The fourth-order valence-electron chi connectivity index (χ4n) is 0.653. The molecule has 0 radical (unpaired) electrons. The van der Waals surface area contributed by atoms with Gasteiger partial charge in [-0.1, -0.05) is 0 Å². The summed E-state index contributed by atoms with van der Waals surface area (Å²) < 4.78 is 4.34.